The van der Waals surface area contributed by atoms with E-state index in [0.717, 1.165) is 22.3 Å². The molecule has 13 heteroatoms. The number of aliphatic hydroxyl groups excluding tert-OH is 2. The molecule has 7 rings (SSSR count). The fourth-order valence-corrected chi connectivity index (χ4v) is 7.58. The first-order chi connectivity index (χ1) is 28.0. The van der Waals surface area contributed by atoms with Crippen LogP contribution >= 0.6 is 0 Å². The Hall–Kier alpha value is -4.09. The summed E-state index contributed by atoms with van der Waals surface area (Å²) in [6.07, 6.45) is -10.5. The molecule has 0 spiro atoms. The van der Waals surface area contributed by atoms with Crippen molar-refractivity contribution in [2.45, 2.75) is 93.6 Å². The zero-order valence-corrected chi connectivity index (χ0v) is 31.5. The first-order valence-electron chi connectivity index (χ1n) is 19.2. The Morgan fingerprint density at radius 2 is 1.02 bits per heavy atom. The van der Waals surface area contributed by atoms with E-state index in [9.17, 15) is 20.1 Å². The lowest BCUT2D eigenvalue weighted by molar-refractivity contribution is -0.359. The van der Waals surface area contributed by atoms with Gasteiger partial charge in [0, 0.05) is 0 Å². The highest BCUT2D eigenvalue weighted by Gasteiger charge is 2.58. The van der Waals surface area contributed by atoms with Gasteiger partial charge < -0.3 is 58.0 Å². The first-order valence-corrected chi connectivity index (χ1v) is 19.2. The van der Waals surface area contributed by atoms with Crippen molar-refractivity contribution in [1.29, 1.82) is 0 Å². The Morgan fingerprint density at radius 3 is 1.54 bits per heavy atom. The minimum absolute atomic E-state index is 0.113. The lowest BCUT2D eigenvalue weighted by Crippen LogP contribution is -2.71. The Balaban J connectivity index is 1.26. The molecule has 0 radical (unpaired) electrons. The van der Waals surface area contributed by atoms with Gasteiger partial charge in [-0.25, -0.2) is 4.79 Å². The summed E-state index contributed by atoms with van der Waals surface area (Å²) in [6, 6.07) is 39.2. The zero-order chi connectivity index (χ0) is 39.4. The molecule has 4 aromatic rings. The number of rotatable bonds is 18. The second-order valence-corrected chi connectivity index (χ2v) is 14.3. The molecule has 0 amide bonds. The van der Waals surface area contributed by atoms with Crippen LogP contribution in [-0.4, -0.2) is 115 Å². The second-order valence-electron chi connectivity index (χ2n) is 14.3. The van der Waals surface area contributed by atoms with E-state index < -0.39 is 86.3 Å². The van der Waals surface area contributed by atoms with Gasteiger partial charge in [0.25, 0.3) is 0 Å². The van der Waals surface area contributed by atoms with Crippen molar-refractivity contribution >= 4 is 5.97 Å². The highest BCUT2D eigenvalue weighted by atomic mass is 16.7. The number of hydrogen-bond donors (Lipinski definition) is 3. The summed E-state index contributed by atoms with van der Waals surface area (Å²) in [7, 11) is 0. The third-order valence-electron chi connectivity index (χ3n) is 10.4. The number of fused-ring (bicyclic) bond motifs is 1. The minimum Gasteiger partial charge on any atom is -0.480 e. The van der Waals surface area contributed by atoms with E-state index in [1.165, 1.54) is 0 Å². The molecule has 304 valence electrons. The summed E-state index contributed by atoms with van der Waals surface area (Å²) in [4.78, 5) is 11.6. The SMILES string of the molecule is O=C(O)CO[C@H]1[C@@H](O)[C@@H](CO)O[C@H]2[C@H]([C@H]3O[C@H](COCc4ccccc4)[C@@H](OCc4ccccc4)[C@H](OCc4ccccc4)[C@@H]3OCc3ccccc3)OCO[C@@H]21. The van der Waals surface area contributed by atoms with Crippen LogP contribution < -0.4 is 0 Å². The molecule has 57 heavy (non-hydrogen) atoms. The number of ether oxygens (including phenoxy) is 9. The topological polar surface area (TPSA) is 161 Å². The Morgan fingerprint density at radius 1 is 0.544 bits per heavy atom. The van der Waals surface area contributed by atoms with Crippen molar-refractivity contribution in [3.05, 3.63) is 144 Å². The molecule has 0 bridgehead atoms. The standard InChI is InChI=1S/C44H50O13/c45-21-33-36(48)38(53-27-35(46)47)40-43(56-33)42(55-28-54-40)44-41(52-25-32-19-11-4-12-20-32)39(51-24-31-17-9-3-10-18-31)37(50-23-30-15-7-2-8-16-30)34(57-44)26-49-22-29-13-5-1-6-14-29/h1-20,33-34,36-45,48H,21-28H2,(H,46,47)/t33-,34-,36+,37-,38+,39+,40-,41+,42-,43-,44+/m1/s1. The van der Waals surface area contributed by atoms with E-state index in [0.29, 0.717) is 6.61 Å². The van der Waals surface area contributed by atoms with Gasteiger partial charge in [-0.1, -0.05) is 121 Å². The van der Waals surface area contributed by atoms with Gasteiger partial charge in [0.2, 0.25) is 0 Å². The number of carboxylic acid groups (broad SMARTS) is 1. The number of aliphatic carboxylic acids is 1. The highest BCUT2D eigenvalue weighted by molar-refractivity contribution is 5.68. The summed E-state index contributed by atoms with van der Waals surface area (Å²) in [6.45, 7) is -0.406. The molecular weight excluding hydrogens is 736 g/mol. The Labute approximate surface area is 331 Å². The number of benzene rings is 4. The number of hydrogen-bond acceptors (Lipinski definition) is 12. The summed E-state index contributed by atoms with van der Waals surface area (Å²) in [5.41, 5.74) is 3.80. The van der Waals surface area contributed by atoms with Gasteiger partial charge in [0.15, 0.2) is 0 Å². The van der Waals surface area contributed by atoms with Gasteiger partial charge >= 0.3 is 5.97 Å². The minimum atomic E-state index is -1.39. The summed E-state index contributed by atoms with van der Waals surface area (Å²) >= 11 is 0. The molecule has 0 saturated carbocycles. The fraction of sp³-hybridized carbons (Fsp3) is 0.432. The van der Waals surface area contributed by atoms with Crippen LogP contribution in [0.25, 0.3) is 0 Å². The second kappa shape index (κ2) is 20.6. The molecule has 3 fully saturated rings. The van der Waals surface area contributed by atoms with E-state index in [-0.39, 0.29) is 33.2 Å². The lowest BCUT2D eigenvalue weighted by atomic mass is 9.84. The van der Waals surface area contributed by atoms with Gasteiger partial charge in [-0.3, -0.25) is 0 Å². The smallest absolute Gasteiger partial charge is 0.329 e. The Kier molecular flexibility index (Phi) is 14.8. The molecule has 3 heterocycles. The molecule has 13 nitrogen and oxygen atoms in total. The zero-order valence-electron chi connectivity index (χ0n) is 31.5. The highest BCUT2D eigenvalue weighted by Crippen LogP contribution is 2.39. The maximum Gasteiger partial charge on any atom is 0.329 e. The molecule has 3 saturated heterocycles. The van der Waals surface area contributed by atoms with E-state index in [2.05, 4.69) is 0 Å². The average molecular weight is 787 g/mol. The summed E-state index contributed by atoms with van der Waals surface area (Å²) in [5, 5.41) is 30.9. The molecule has 3 N–H and O–H groups in total. The maximum absolute atomic E-state index is 11.6. The predicted octanol–water partition coefficient (Wildman–Crippen LogP) is 4.06. The number of aliphatic hydroxyl groups is 2. The molecule has 3 aliphatic heterocycles. The van der Waals surface area contributed by atoms with Gasteiger partial charge in [0.1, 0.15) is 80.5 Å². The molecule has 0 unspecified atom stereocenters. The molecule has 0 aromatic heterocycles. The van der Waals surface area contributed by atoms with Crippen LogP contribution in [-0.2, 0) is 73.9 Å². The summed E-state index contributed by atoms with van der Waals surface area (Å²) < 4.78 is 58.2. The van der Waals surface area contributed by atoms with Crippen molar-refractivity contribution < 1.29 is 62.7 Å². The van der Waals surface area contributed by atoms with Crippen molar-refractivity contribution in [3.63, 3.8) is 0 Å². The van der Waals surface area contributed by atoms with Crippen LogP contribution in [0.15, 0.2) is 121 Å². The van der Waals surface area contributed by atoms with Crippen molar-refractivity contribution in [2.24, 2.45) is 0 Å². The van der Waals surface area contributed by atoms with Gasteiger partial charge in [-0.15, -0.1) is 0 Å². The van der Waals surface area contributed by atoms with Crippen LogP contribution in [0.4, 0.5) is 0 Å². The van der Waals surface area contributed by atoms with Crippen molar-refractivity contribution in [3.8, 4) is 0 Å². The normalized spacial score (nSPS) is 30.0. The van der Waals surface area contributed by atoms with Crippen molar-refractivity contribution in [1.82, 2.24) is 0 Å². The number of carbonyl (C=O) groups is 1. The van der Waals surface area contributed by atoms with E-state index in [1.807, 2.05) is 121 Å². The van der Waals surface area contributed by atoms with E-state index in [1.54, 1.807) is 0 Å². The maximum atomic E-state index is 11.6. The molecule has 0 aliphatic carbocycles. The van der Waals surface area contributed by atoms with E-state index >= 15 is 0 Å². The Bertz CT molecular complexity index is 1770. The first kappa shape index (κ1) is 41.1. The van der Waals surface area contributed by atoms with Crippen LogP contribution in [0.2, 0.25) is 0 Å². The average Bonchev–Trinajstić information content (AvgIpc) is 3.25. The molecule has 11 atom stereocenters. The largest absolute Gasteiger partial charge is 0.480 e. The predicted molar refractivity (Wildman–Crippen MR) is 204 cm³/mol. The molecule has 3 aliphatic rings. The molecule has 4 aromatic carbocycles. The number of carboxylic acids is 1. The third kappa shape index (κ3) is 10.7. The third-order valence-corrected chi connectivity index (χ3v) is 10.4. The molecular formula is C44H50O13. The van der Waals surface area contributed by atoms with Crippen LogP contribution in [0.5, 0.6) is 0 Å². The monoisotopic (exact) mass is 786 g/mol. The van der Waals surface area contributed by atoms with Crippen molar-refractivity contribution in [2.75, 3.05) is 26.6 Å². The van der Waals surface area contributed by atoms with Crippen LogP contribution in [0, 0.1) is 0 Å². The lowest BCUT2D eigenvalue weighted by Gasteiger charge is -2.53. The fourth-order valence-electron chi connectivity index (χ4n) is 7.58. The van der Waals surface area contributed by atoms with Gasteiger partial charge in [0.05, 0.1) is 39.6 Å². The van der Waals surface area contributed by atoms with Crippen LogP contribution in [0.1, 0.15) is 22.3 Å². The van der Waals surface area contributed by atoms with Gasteiger partial charge in [-0.05, 0) is 22.3 Å². The summed E-state index contributed by atoms with van der Waals surface area (Å²) in [5.74, 6) is -1.22. The van der Waals surface area contributed by atoms with Crippen LogP contribution in [0.3, 0.4) is 0 Å². The van der Waals surface area contributed by atoms with Gasteiger partial charge in [-0.2, -0.15) is 0 Å². The van der Waals surface area contributed by atoms with E-state index in [4.69, 9.17) is 42.6 Å². The quantitative estimate of drug-likeness (QED) is 0.133.